The summed E-state index contributed by atoms with van der Waals surface area (Å²) < 4.78 is 32.9. The summed E-state index contributed by atoms with van der Waals surface area (Å²) in [5, 5.41) is 11.4. The molecule has 0 atom stereocenters. The lowest BCUT2D eigenvalue weighted by Gasteiger charge is -2.09. The Hall–Kier alpha value is -1.97. The summed E-state index contributed by atoms with van der Waals surface area (Å²) in [6, 6.07) is 3.39. The molecule has 0 saturated carbocycles. The molecule has 8 nitrogen and oxygen atoms in total. The molecule has 0 fully saturated rings. The molecule has 1 aromatic rings. The largest absolute Gasteiger partial charge is 0.478 e. The van der Waals surface area contributed by atoms with Crippen molar-refractivity contribution in [2.45, 2.75) is 4.90 Å². The van der Waals surface area contributed by atoms with Crippen LogP contribution in [0.4, 0.5) is 5.69 Å². The van der Waals surface area contributed by atoms with Crippen LogP contribution in [0.2, 0.25) is 0 Å². The highest BCUT2D eigenvalue weighted by Gasteiger charge is 2.14. The average molecular weight is 331 g/mol. The maximum absolute atomic E-state index is 11.6. The van der Waals surface area contributed by atoms with Gasteiger partial charge in [0.05, 0.1) is 23.7 Å². The molecule has 1 amide bonds. The highest BCUT2D eigenvalue weighted by atomic mass is 32.2. The number of carboxylic acids is 1. The van der Waals surface area contributed by atoms with Crippen LogP contribution >= 0.6 is 0 Å². The molecule has 122 valence electrons. The van der Waals surface area contributed by atoms with E-state index in [-0.39, 0.29) is 29.4 Å². The quantitative estimate of drug-likeness (QED) is 0.661. The molecule has 9 heteroatoms. The zero-order valence-corrected chi connectivity index (χ0v) is 13.0. The number of anilines is 1. The number of amides is 1. The normalized spacial score (nSPS) is 11.2. The number of rotatable bonds is 8. The van der Waals surface area contributed by atoms with Crippen molar-refractivity contribution in [1.29, 1.82) is 0 Å². The smallest absolute Gasteiger partial charge is 0.335 e. The van der Waals surface area contributed by atoms with Crippen molar-refractivity contribution in [2.75, 3.05) is 38.5 Å². The Bertz CT molecular complexity index is 654. The molecule has 2 N–H and O–H groups in total. The fraction of sp³-hybridized carbons (Fsp3) is 0.385. The van der Waals surface area contributed by atoms with Gasteiger partial charge in [-0.3, -0.25) is 4.79 Å². The molecule has 0 heterocycles. The molecule has 0 aliphatic heterocycles. The predicted octanol–water partition coefficient (Wildman–Crippen LogP) is 0.390. The van der Waals surface area contributed by atoms with Crippen molar-refractivity contribution in [1.82, 2.24) is 0 Å². The van der Waals surface area contributed by atoms with Crippen molar-refractivity contribution < 1.29 is 32.6 Å². The number of methoxy groups -OCH3 is 1. The summed E-state index contributed by atoms with van der Waals surface area (Å²) >= 11 is 0. The molecule has 0 spiro atoms. The standard InChI is InChI=1S/C13H17NO7S/c1-20-3-4-21-8-12(15)14-10-5-9(13(16)17)6-11(7-10)22(2,18)19/h5-7H,3-4,8H2,1-2H3,(H,14,15)(H,16,17). The second-order valence-corrected chi connectivity index (χ2v) is 6.43. The van der Waals surface area contributed by atoms with Crippen LogP contribution in [-0.4, -0.2) is 58.6 Å². The Kier molecular flexibility index (Phi) is 6.47. The van der Waals surface area contributed by atoms with Gasteiger partial charge < -0.3 is 19.9 Å². The number of sulfone groups is 1. The zero-order chi connectivity index (χ0) is 16.8. The zero-order valence-electron chi connectivity index (χ0n) is 12.2. The summed E-state index contributed by atoms with van der Waals surface area (Å²) in [4.78, 5) is 22.5. The Morgan fingerprint density at radius 1 is 1.23 bits per heavy atom. The SMILES string of the molecule is COCCOCC(=O)Nc1cc(C(=O)O)cc(S(C)(=O)=O)c1. The molecular weight excluding hydrogens is 314 g/mol. The van der Waals surface area contributed by atoms with Crippen LogP contribution in [0.1, 0.15) is 10.4 Å². The summed E-state index contributed by atoms with van der Waals surface area (Å²) in [7, 11) is -2.11. The van der Waals surface area contributed by atoms with Crippen LogP contribution < -0.4 is 5.32 Å². The summed E-state index contributed by atoms with van der Waals surface area (Å²) in [5.74, 6) is -1.82. The third kappa shape index (κ3) is 5.80. The molecule has 0 aromatic heterocycles. The molecule has 1 rings (SSSR count). The number of carboxylic acid groups (broad SMARTS) is 1. The maximum atomic E-state index is 11.6. The monoisotopic (exact) mass is 331 g/mol. The van der Waals surface area contributed by atoms with Gasteiger partial charge in [0.2, 0.25) is 5.91 Å². The summed E-state index contributed by atoms with van der Waals surface area (Å²) in [5.41, 5.74) is -0.167. The number of carbonyl (C=O) groups is 2. The highest BCUT2D eigenvalue weighted by molar-refractivity contribution is 7.90. The Morgan fingerprint density at radius 3 is 2.45 bits per heavy atom. The first kappa shape index (κ1) is 18.1. The van der Waals surface area contributed by atoms with E-state index in [1.807, 2.05) is 0 Å². The van der Waals surface area contributed by atoms with Crippen molar-refractivity contribution in [3.05, 3.63) is 23.8 Å². The van der Waals surface area contributed by atoms with Crippen molar-refractivity contribution in [3.8, 4) is 0 Å². The molecule has 1 aromatic carbocycles. The van der Waals surface area contributed by atoms with E-state index in [9.17, 15) is 18.0 Å². The Labute approximate surface area is 128 Å². The molecule has 22 heavy (non-hydrogen) atoms. The number of nitrogens with one attached hydrogen (secondary N) is 1. The molecule has 0 radical (unpaired) electrons. The first-order chi connectivity index (χ1) is 10.2. The molecule has 0 bridgehead atoms. The van der Waals surface area contributed by atoms with Crippen LogP contribution in [0.3, 0.4) is 0 Å². The fourth-order valence-electron chi connectivity index (χ4n) is 1.51. The van der Waals surface area contributed by atoms with E-state index in [1.54, 1.807) is 0 Å². The highest BCUT2D eigenvalue weighted by Crippen LogP contribution is 2.19. The number of hydrogen-bond acceptors (Lipinski definition) is 6. The van der Waals surface area contributed by atoms with Gasteiger partial charge in [-0.1, -0.05) is 0 Å². The van der Waals surface area contributed by atoms with Crippen LogP contribution in [-0.2, 0) is 24.1 Å². The summed E-state index contributed by atoms with van der Waals surface area (Å²) in [6.07, 6.45) is 0.952. The maximum Gasteiger partial charge on any atom is 0.335 e. The van der Waals surface area contributed by atoms with Gasteiger partial charge >= 0.3 is 5.97 Å². The second kappa shape index (κ2) is 7.87. The third-order valence-electron chi connectivity index (χ3n) is 2.53. The van der Waals surface area contributed by atoms with E-state index in [4.69, 9.17) is 14.6 Å². The van der Waals surface area contributed by atoms with Gasteiger partial charge in [-0.15, -0.1) is 0 Å². The van der Waals surface area contributed by atoms with Gasteiger partial charge in [-0.05, 0) is 18.2 Å². The fourth-order valence-corrected chi connectivity index (χ4v) is 2.20. The van der Waals surface area contributed by atoms with E-state index < -0.39 is 21.7 Å². The van der Waals surface area contributed by atoms with Gasteiger partial charge in [0.25, 0.3) is 0 Å². The van der Waals surface area contributed by atoms with Crippen LogP contribution in [0.25, 0.3) is 0 Å². The van der Waals surface area contributed by atoms with Gasteiger partial charge in [0.15, 0.2) is 9.84 Å². The number of ether oxygens (including phenoxy) is 2. The minimum absolute atomic E-state index is 0.0701. The van der Waals surface area contributed by atoms with Gasteiger partial charge in [-0.2, -0.15) is 0 Å². The molecule has 0 unspecified atom stereocenters. The van der Waals surface area contributed by atoms with Crippen LogP contribution in [0.15, 0.2) is 23.1 Å². The topological polar surface area (TPSA) is 119 Å². The average Bonchev–Trinajstić information content (AvgIpc) is 2.42. The lowest BCUT2D eigenvalue weighted by molar-refractivity contribution is -0.121. The van der Waals surface area contributed by atoms with Gasteiger partial charge in [0, 0.05) is 19.1 Å². The number of hydrogen-bond donors (Lipinski definition) is 2. The first-order valence-corrected chi connectivity index (χ1v) is 8.08. The lowest BCUT2D eigenvalue weighted by atomic mass is 10.2. The van der Waals surface area contributed by atoms with Gasteiger partial charge in [0.1, 0.15) is 6.61 Å². The van der Waals surface area contributed by atoms with E-state index in [2.05, 4.69) is 5.32 Å². The number of benzene rings is 1. The molecular formula is C13H17NO7S. The third-order valence-corrected chi connectivity index (χ3v) is 3.62. The first-order valence-electron chi connectivity index (χ1n) is 6.19. The second-order valence-electron chi connectivity index (χ2n) is 4.42. The van der Waals surface area contributed by atoms with E-state index in [0.717, 1.165) is 12.3 Å². The van der Waals surface area contributed by atoms with Crippen molar-refractivity contribution in [3.63, 3.8) is 0 Å². The van der Waals surface area contributed by atoms with Crippen molar-refractivity contribution >= 4 is 27.4 Å². The minimum atomic E-state index is -3.60. The van der Waals surface area contributed by atoms with Crippen LogP contribution in [0, 0.1) is 0 Å². The Balaban J connectivity index is 2.88. The summed E-state index contributed by atoms with van der Waals surface area (Å²) in [6.45, 7) is 0.308. The Morgan fingerprint density at radius 2 is 1.91 bits per heavy atom. The minimum Gasteiger partial charge on any atom is -0.478 e. The van der Waals surface area contributed by atoms with Crippen LogP contribution in [0.5, 0.6) is 0 Å². The lowest BCUT2D eigenvalue weighted by Crippen LogP contribution is -2.20. The number of carbonyl (C=O) groups excluding carboxylic acids is 1. The van der Waals surface area contributed by atoms with E-state index >= 15 is 0 Å². The van der Waals surface area contributed by atoms with Gasteiger partial charge in [-0.25, -0.2) is 13.2 Å². The van der Waals surface area contributed by atoms with E-state index in [0.29, 0.717) is 6.61 Å². The van der Waals surface area contributed by atoms with E-state index in [1.165, 1.54) is 19.2 Å². The van der Waals surface area contributed by atoms with Crippen molar-refractivity contribution in [2.24, 2.45) is 0 Å². The molecule has 0 aliphatic carbocycles. The molecule has 0 saturated heterocycles. The molecule has 0 aliphatic rings. The number of aromatic carboxylic acids is 1. The predicted molar refractivity (Wildman–Crippen MR) is 77.8 cm³/mol.